The first kappa shape index (κ1) is 27.2. The second kappa shape index (κ2) is 11.9. The fourth-order valence-electron chi connectivity index (χ4n) is 5.50. The zero-order valence-electron chi connectivity index (χ0n) is 22.8. The third kappa shape index (κ3) is 5.63. The van der Waals surface area contributed by atoms with Gasteiger partial charge in [-0.15, -0.1) is 0 Å². The Hall–Kier alpha value is -4.00. The molecule has 1 aliphatic rings. The van der Waals surface area contributed by atoms with Crippen LogP contribution in [0.3, 0.4) is 0 Å². The number of hydrogen-bond donors (Lipinski definition) is 0. The van der Waals surface area contributed by atoms with Crippen LogP contribution in [0.1, 0.15) is 12.1 Å². The maximum absolute atomic E-state index is 13.4. The summed E-state index contributed by atoms with van der Waals surface area (Å²) in [5, 5.41) is 1.36. The van der Waals surface area contributed by atoms with Crippen LogP contribution in [0.5, 0.6) is 5.75 Å². The van der Waals surface area contributed by atoms with Gasteiger partial charge in [0.05, 0.1) is 24.2 Å². The van der Waals surface area contributed by atoms with Crippen LogP contribution in [0.15, 0.2) is 91.1 Å². The molecule has 1 saturated heterocycles. The zero-order valence-corrected chi connectivity index (χ0v) is 24.3. The van der Waals surface area contributed by atoms with Crippen molar-refractivity contribution in [3.8, 4) is 28.1 Å². The molecular formula is C33H30Cl2N4O2. The summed E-state index contributed by atoms with van der Waals surface area (Å²) in [6.07, 6.45) is 3.00. The van der Waals surface area contributed by atoms with Crippen LogP contribution >= 0.6 is 23.2 Å². The molecule has 0 radical (unpaired) electrons. The van der Waals surface area contributed by atoms with Crippen LogP contribution in [0.2, 0.25) is 10.0 Å². The third-order valence-electron chi connectivity index (χ3n) is 7.65. The lowest BCUT2D eigenvalue weighted by Crippen LogP contribution is -2.49. The number of para-hydroxylation sites is 2. The third-order valence-corrected chi connectivity index (χ3v) is 8.24. The molecule has 0 bridgehead atoms. The van der Waals surface area contributed by atoms with Crippen LogP contribution < -0.4 is 9.64 Å². The summed E-state index contributed by atoms with van der Waals surface area (Å²) in [5.41, 5.74) is 6.62. The normalized spacial score (nSPS) is 13.5. The average molecular weight is 586 g/mol. The van der Waals surface area contributed by atoms with Crippen molar-refractivity contribution in [2.75, 3.05) is 38.2 Å². The molecule has 3 aromatic carbocycles. The molecule has 1 aliphatic heterocycles. The molecule has 41 heavy (non-hydrogen) atoms. The van der Waals surface area contributed by atoms with E-state index in [-0.39, 0.29) is 5.91 Å². The highest BCUT2D eigenvalue weighted by molar-refractivity contribution is 6.33. The van der Waals surface area contributed by atoms with Gasteiger partial charge in [0.15, 0.2) is 0 Å². The Labute approximate surface area is 249 Å². The minimum absolute atomic E-state index is 0.143. The van der Waals surface area contributed by atoms with Gasteiger partial charge in [-0.3, -0.25) is 4.79 Å². The summed E-state index contributed by atoms with van der Waals surface area (Å²) in [6.45, 7) is 2.87. The van der Waals surface area contributed by atoms with Crippen molar-refractivity contribution in [3.05, 3.63) is 107 Å². The van der Waals surface area contributed by atoms with Crippen molar-refractivity contribution in [1.82, 2.24) is 14.3 Å². The number of imidazole rings is 1. The highest BCUT2D eigenvalue weighted by Gasteiger charge is 2.24. The predicted octanol–water partition coefficient (Wildman–Crippen LogP) is 7.27. The summed E-state index contributed by atoms with van der Waals surface area (Å²) in [6, 6.07) is 27.5. The van der Waals surface area contributed by atoms with Gasteiger partial charge in [-0.2, -0.15) is 0 Å². The molecule has 0 atom stereocenters. The van der Waals surface area contributed by atoms with Crippen LogP contribution in [-0.2, 0) is 11.2 Å². The molecule has 0 unspecified atom stereocenters. The fraction of sp³-hybridized carbons (Fsp3) is 0.212. The van der Waals surface area contributed by atoms with Crippen molar-refractivity contribution in [3.63, 3.8) is 0 Å². The Kier molecular flexibility index (Phi) is 7.86. The first-order valence-corrected chi connectivity index (χ1v) is 14.4. The van der Waals surface area contributed by atoms with Crippen LogP contribution in [-0.4, -0.2) is 53.5 Å². The Morgan fingerprint density at radius 1 is 0.854 bits per heavy atom. The monoisotopic (exact) mass is 584 g/mol. The topological polar surface area (TPSA) is 50.1 Å². The molecule has 2 aromatic heterocycles. The number of anilines is 1. The number of aromatic nitrogens is 2. The molecule has 3 heterocycles. The number of carbonyl (C=O) groups is 1. The van der Waals surface area contributed by atoms with E-state index in [0.29, 0.717) is 36.0 Å². The first-order chi connectivity index (χ1) is 20.0. The number of ether oxygens (including phenoxy) is 1. The van der Waals surface area contributed by atoms with Gasteiger partial charge in [0.1, 0.15) is 11.4 Å². The standard InChI is InChI=1S/C33H30Cl2N4O2/c1-41-30-9-5-4-8-28(30)37-18-20-38(21-19-37)32(40)17-15-29-33(23-10-13-25(34)14-11-23)36-31-16-12-24(22-39(29)31)26-6-2-3-7-27(26)35/h2-14,16,22H,15,17-21H2,1H3. The van der Waals surface area contributed by atoms with Gasteiger partial charge in [0, 0.05) is 60.0 Å². The lowest BCUT2D eigenvalue weighted by atomic mass is 10.1. The van der Waals surface area contributed by atoms with Gasteiger partial charge >= 0.3 is 0 Å². The van der Waals surface area contributed by atoms with Crippen molar-refractivity contribution in [2.24, 2.45) is 0 Å². The Bertz CT molecular complexity index is 1690. The van der Waals surface area contributed by atoms with Crippen LogP contribution in [0, 0.1) is 0 Å². The summed E-state index contributed by atoms with van der Waals surface area (Å²) in [5.74, 6) is 0.995. The van der Waals surface area contributed by atoms with Crippen molar-refractivity contribution in [1.29, 1.82) is 0 Å². The minimum Gasteiger partial charge on any atom is -0.495 e. The summed E-state index contributed by atoms with van der Waals surface area (Å²) >= 11 is 12.7. The molecule has 6 rings (SSSR count). The number of benzene rings is 3. The van der Waals surface area contributed by atoms with Gasteiger partial charge < -0.3 is 18.9 Å². The van der Waals surface area contributed by atoms with E-state index in [1.54, 1.807) is 7.11 Å². The fourth-order valence-corrected chi connectivity index (χ4v) is 5.87. The van der Waals surface area contributed by atoms with Gasteiger partial charge in [-0.05, 0) is 54.4 Å². The minimum atomic E-state index is 0.143. The lowest BCUT2D eigenvalue weighted by molar-refractivity contribution is -0.131. The number of rotatable bonds is 7. The van der Waals surface area contributed by atoms with E-state index in [1.807, 2.05) is 83.8 Å². The van der Waals surface area contributed by atoms with E-state index in [4.69, 9.17) is 32.9 Å². The SMILES string of the molecule is COc1ccccc1N1CCN(C(=O)CCc2c(-c3ccc(Cl)cc3)nc3ccc(-c4ccccc4Cl)cn23)CC1. The van der Waals surface area contributed by atoms with Crippen LogP contribution in [0.4, 0.5) is 5.69 Å². The highest BCUT2D eigenvalue weighted by Crippen LogP contribution is 2.32. The molecule has 1 fully saturated rings. The second-order valence-electron chi connectivity index (χ2n) is 10.1. The number of carbonyl (C=O) groups excluding carboxylic acids is 1. The van der Waals surface area contributed by atoms with Gasteiger partial charge in [0.25, 0.3) is 0 Å². The molecule has 6 nitrogen and oxygen atoms in total. The summed E-state index contributed by atoms with van der Waals surface area (Å²) in [4.78, 5) is 22.6. The molecular weight excluding hydrogens is 555 g/mol. The van der Waals surface area contributed by atoms with E-state index in [9.17, 15) is 4.79 Å². The smallest absolute Gasteiger partial charge is 0.223 e. The zero-order chi connectivity index (χ0) is 28.3. The highest BCUT2D eigenvalue weighted by atomic mass is 35.5. The summed E-state index contributed by atoms with van der Waals surface area (Å²) < 4.78 is 7.63. The number of nitrogens with zero attached hydrogens (tertiary/aromatic N) is 4. The van der Waals surface area contributed by atoms with Crippen molar-refractivity contribution >= 4 is 40.4 Å². The number of amides is 1. The Morgan fingerprint density at radius 3 is 2.32 bits per heavy atom. The largest absolute Gasteiger partial charge is 0.495 e. The van der Waals surface area contributed by atoms with Gasteiger partial charge in [-0.25, -0.2) is 4.98 Å². The molecule has 208 valence electrons. The number of halogens is 2. The van der Waals surface area contributed by atoms with Gasteiger partial charge in [-0.1, -0.05) is 65.7 Å². The molecule has 0 spiro atoms. The van der Waals surface area contributed by atoms with E-state index in [2.05, 4.69) is 21.6 Å². The molecule has 1 amide bonds. The number of pyridine rings is 1. The van der Waals surface area contributed by atoms with Crippen molar-refractivity contribution in [2.45, 2.75) is 12.8 Å². The number of fused-ring (bicyclic) bond motifs is 1. The number of aryl methyl sites for hydroxylation is 1. The predicted molar refractivity (Wildman–Crippen MR) is 166 cm³/mol. The van der Waals surface area contributed by atoms with Gasteiger partial charge in [0.2, 0.25) is 5.91 Å². The van der Waals surface area contributed by atoms with E-state index in [0.717, 1.165) is 58.3 Å². The van der Waals surface area contributed by atoms with E-state index < -0.39 is 0 Å². The Morgan fingerprint density at radius 2 is 1.56 bits per heavy atom. The average Bonchev–Trinajstić information content (AvgIpc) is 3.38. The van der Waals surface area contributed by atoms with Crippen molar-refractivity contribution < 1.29 is 9.53 Å². The van der Waals surface area contributed by atoms with Crippen LogP contribution in [0.25, 0.3) is 28.0 Å². The van der Waals surface area contributed by atoms with E-state index in [1.165, 1.54) is 0 Å². The summed E-state index contributed by atoms with van der Waals surface area (Å²) in [7, 11) is 1.69. The molecule has 0 saturated carbocycles. The molecule has 8 heteroatoms. The van der Waals surface area contributed by atoms with E-state index >= 15 is 0 Å². The number of hydrogen-bond acceptors (Lipinski definition) is 4. The second-order valence-corrected chi connectivity index (χ2v) is 10.9. The first-order valence-electron chi connectivity index (χ1n) is 13.7. The number of methoxy groups -OCH3 is 1. The Balaban J connectivity index is 1.25. The quantitative estimate of drug-likeness (QED) is 0.202. The molecule has 5 aromatic rings. The lowest BCUT2D eigenvalue weighted by Gasteiger charge is -2.36. The molecule has 0 aliphatic carbocycles. The maximum atomic E-state index is 13.4. The molecule has 0 N–H and O–H groups in total. The number of piperazine rings is 1. The maximum Gasteiger partial charge on any atom is 0.223 e.